The molecule has 0 saturated heterocycles. The third kappa shape index (κ3) is 2.09. The van der Waals surface area contributed by atoms with Gasteiger partial charge in [-0.2, -0.15) is 0 Å². The molecule has 1 aromatic carbocycles. The molecule has 0 unspecified atom stereocenters. The smallest absolute Gasteiger partial charge is 0.154 e. The van der Waals surface area contributed by atoms with Gasteiger partial charge in [0.05, 0.1) is 23.0 Å². The maximum atomic E-state index is 5.55. The van der Waals surface area contributed by atoms with Crippen LogP contribution in [0, 0.1) is 0 Å². The number of benzene rings is 1. The SMILES string of the molecule is CNc1ccc2nc(-c3ccco3)c(C3=CC=CC3)nc2c1. The highest BCUT2D eigenvalue weighted by Gasteiger charge is 2.17. The van der Waals surface area contributed by atoms with Crippen LogP contribution in [0.3, 0.4) is 0 Å². The molecular formula is C18H15N3O. The number of aromatic nitrogens is 2. The molecule has 0 radical (unpaired) electrons. The zero-order valence-corrected chi connectivity index (χ0v) is 12.2. The van der Waals surface area contributed by atoms with Gasteiger partial charge in [0, 0.05) is 12.7 Å². The number of anilines is 1. The van der Waals surface area contributed by atoms with Gasteiger partial charge >= 0.3 is 0 Å². The molecule has 1 N–H and O–H groups in total. The Morgan fingerprint density at radius 1 is 1.09 bits per heavy atom. The molecular weight excluding hydrogens is 274 g/mol. The molecule has 0 fully saturated rings. The van der Waals surface area contributed by atoms with E-state index in [0.29, 0.717) is 0 Å². The Morgan fingerprint density at radius 3 is 2.73 bits per heavy atom. The quantitative estimate of drug-likeness (QED) is 0.782. The molecule has 4 nitrogen and oxygen atoms in total. The molecule has 0 aliphatic heterocycles. The predicted octanol–water partition coefficient (Wildman–Crippen LogP) is 4.27. The Hall–Kier alpha value is -2.88. The molecule has 108 valence electrons. The molecule has 3 aromatic rings. The maximum Gasteiger partial charge on any atom is 0.154 e. The first-order valence-electron chi connectivity index (χ1n) is 7.24. The van der Waals surface area contributed by atoms with Crippen molar-refractivity contribution in [3.63, 3.8) is 0 Å². The summed E-state index contributed by atoms with van der Waals surface area (Å²) in [6.45, 7) is 0. The van der Waals surface area contributed by atoms with Gasteiger partial charge in [0.1, 0.15) is 5.69 Å². The van der Waals surface area contributed by atoms with Crippen molar-refractivity contribution >= 4 is 22.3 Å². The molecule has 2 aromatic heterocycles. The normalized spacial score (nSPS) is 13.6. The summed E-state index contributed by atoms with van der Waals surface area (Å²) in [6.07, 6.45) is 8.80. The lowest BCUT2D eigenvalue weighted by Gasteiger charge is -2.10. The largest absolute Gasteiger partial charge is 0.463 e. The second kappa shape index (κ2) is 5.15. The summed E-state index contributed by atoms with van der Waals surface area (Å²) >= 11 is 0. The summed E-state index contributed by atoms with van der Waals surface area (Å²) in [7, 11) is 1.90. The van der Waals surface area contributed by atoms with Crippen LogP contribution in [-0.2, 0) is 0 Å². The number of hydrogen-bond donors (Lipinski definition) is 1. The predicted molar refractivity (Wildman–Crippen MR) is 88.5 cm³/mol. The summed E-state index contributed by atoms with van der Waals surface area (Å²) in [5, 5.41) is 3.14. The van der Waals surface area contributed by atoms with Crippen molar-refractivity contribution in [3.05, 3.63) is 60.5 Å². The fourth-order valence-corrected chi connectivity index (χ4v) is 2.64. The van der Waals surface area contributed by atoms with Gasteiger partial charge in [-0.1, -0.05) is 18.2 Å². The van der Waals surface area contributed by atoms with Crippen LogP contribution in [0.15, 0.2) is 59.2 Å². The molecule has 4 heteroatoms. The number of furan rings is 1. The first-order valence-corrected chi connectivity index (χ1v) is 7.24. The average molecular weight is 289 g/mol. The molecule has 1 aliphatic rings. The Bertz CT molecular complexity index is 892. The Kier molecular flexibility index (Phi) is 3.00. The Labute approximate surface area is 128 Å². The minimum atomic E-state index is 0.745. The number of nitrogens with one attached hydrogen (secondary N) is 1. The molecule has 22 heavy (non-hydrogen) atoms. The van der Waals surface area contributed by atoms with Crippen LogP contribution >= 0.6 is 0 Å². The minimum absolute atomic E-state index is 0.745. The molecule has 2 heterocycles. The van der Waals surface area contributed by atoms with E-state index in [1.54, 1.807) is 6.26 Å². The van der Waals surface area contributed by atoms with Crippen LogP contribution in [0.2, 0.25) is 0 Å². The summed E-state index contributed by atoms with van der Waals surface area (Å²) in [5.41, 5.74) is 5.61. The minimum Gasteiger partial charge on any atom is -0.463 e. The van der Waals surface area contributed by atoms with Crippen LogP contribution in [0.1, 0.15) is 12.1 Å². The Morgan fingerprint density at radius 2 is 2.00 bits per heavy atom. The van der Waals surface area contributed by atoms with Gasteiger partial charge < -0.3 is 9.73 Å². The van der Waals surface area contributed by atoms with Gasteiger partial charge in [-0.05, 0) is 42.3 Å². The van der Waals surface area contributed by atoms with Crippen LogP contribution in [-0.4, -0.2) is 17.0 Å². The van der Waals surface area contributed by atoms with E-state index in [2.05, 4.69) is 23.5 Å². The number of hydrogen-bond acceptors (Lipinski definition) is 4. The van der Waals surface area contributed by atoms with Gasteiger partial charge in [-0.15, -0.1) is 0 Å². The summed E-state index contributed by atoms with van der Waals surface area (Å²) < 4.78 is 5.55. The first-order chi connectivity index (χ1) is 10.8. The summed E-state index contributed by atoms with van der Waals surface area (Å²) in [5.74, 6) is 0.745. The van der Waals surface area contributed by atoms with Crippen LogP contribution < -0.4 is 5.32 Å². The van der Waals surface area contributed by atoms with E-state index in [0.717, 1.165) is 45.9 Å². The van der Waals surface area contributed by atoms with Crippen LogP contribution in [0.4, 0.5) is 5.69 Å². The van der Waals surface area contributed by atoms with Crippen molar-refractivity contribution in [2.75, 3.05) is 12.4 Å². The Balaban J connectivity index is 1.97. The highest BCUT2D eigenvalue weighted by molar-refractivity contribution is 5.86. The molecule has 0 amide bonds. The van der Waals surface area contributed by atoms with Gasteiger partial charge in [-0.25, -0.2) is 9.97 Å². The van der Waals surface area contributed by atoms with E-state index in [4.69, 9.17) is 14.4 Å². The number of allylic oxidation sites excluding steroid dienone is 4. The van der Waals surface area contributed by atoms with E-state index in [9.17, 15) is 0 Å². The molecule has 0 spiro atoms. The zero-order valence-electron chi connectivity index (χ0n) is 12.2. The maximum absolute atomic E-state index is 5.55. The zero-order chi connectivity index (χ0) is 14.9. The molecule has 4 rings (SSSR count). The van der Waals surface area contributed by atoms with Crippen molar-refractivity contribution in [2.24, 2.45) is 0 Å². The lowest BCUT2D eigenvalue weighted by atomic mass is 10.1. The van der Waals surface area contributed by atoms with E-state index in [1.165, 1.54) is 0 Å². The van der Waals surface area contributed by atoms with Crippen molar-refractivity contribution in [1.29, 1.82) is 0 Å². The molecule has 1 aliphatic carbocycles. The van der Waals surface area contributed by atoms with Gasteiger partial charge in [0.25, 0.3) is 0 Å². The molecule has 0 bridgehead atoms. The topological polar surface area (TPSA) is 51.0 Å². The van der Waals surface area contributed by atoms with Crippen molar-refractivity contribution in [2.45, 2.75) is 6.42 Å². The van der Waals surface area contributed by atoms with Gasteiger partial charge in [-0.3, -0.25) is 0 Å². The molecule has 0 saturated carbocycles. The van der Waals surface area contributed by atoms with E-state index < -0.39 is 0 Å². The fourth-order valence-electron chi connectivity index (χ4n) is 2.64. The fraction of sp³-hybridized carbons (Fsp3) is 0.111. The van der Waals surface area contributed by atoms with Crippen molar-refractivity contribution in [1.82, 2.24) is 9.97 Å². The highest BCUT2D eigenvalue weighted by Crippen LogP contribution is 2.32. The van der Waals surface area contributed by atoms with E-state index in [1.807, 2.05) is 37.4 Å². The third-order valence-corrected chi connectivity index (χ3v) is 3.78. The number of rotatable bonds is 3. The van der Waals surface area contributed by atoms with E-state index in [-0.39, 0.29) is 0 Å². The van der Waals surface area contributed by atoms with Gasteiger partial charge in [0.15, 0.2) is 5.76 Å². The summed E-state index contributed by atoms with van der Waals surface area (Å²) in [6, 6.07) is 9.78. The monoisotopic (exact) mass is 289 g/mol. The lowest BCUT2D eigenvalue weighted by Crippen LogP contribution is -1.98. The third-order valence-electron chi connectivity index (χ3n) is 3.78. The van der Waals surface area contributed by atoms with E-state index >= 15 is 0 Å². The van der Waals surface area contributed by atoms with Crippen molar-refractivity contribution < 1.29 is 4.42 Å². The standard InChI is InChI=1S/C18H15N3O/c1-19-13-8-9-14-15(11-13)21-17(12-5-2-3-6-12)18(20-14)16-7-4-10-22-16/h2-5,7-11,19H,6H2,1H3. The highest BCUT2D eigenvalue weighted by atomic mass is 16.3. The molecule has 0 atom stereocenters. The second-order valence-corrected chi connectivity index (χ2v) is 5.18. The first kappa shape index (κ1) is 12.8. The lowest BCUT2D eigenvalue weighted by molar-refractivity contribution is 0.580. The summed E-state index contributed by atoms with van der Waals surface area (Å²) in [4.78, 5) is 9.64. The number of nitrogens with zero attached hydrogens (tertiary/aromatic N) is 2. The van der Waals surface area contributed by atoms with Crippen molar-refractivity contribution in [3.8, 4) is 11.5 Å². The van der Waals surface area contributed by atoms with Crippen LogP contribution in [0.5, 0.6) is 0 Å². The van der Waals surface area contributed by atoms with Crippen LogP contribution in [0.25, 0.3) is 28.1 Å². The second-order valence-electron chi connectivity index (χ2n) is 5.18. The number of fused-ring (bicyclic) bond motifs is 1. The average Bonchev–Trinajstić information content (AvgIpc) is 3.26. The van der Waals surface area contributed by atoms with Gasteiger partial charge in [0.2, 0.25) is 0 Å².